The number of fused-ring (bicyclic) bond motifs is 1. The van der Waals surface area contributed by atoms with Crippen LogP contribution < -0.4 is 10.6 Å². The molecule has 0 atom stereocenters. The number of pyridine rings is 1. The highest BCUT2D eigenvalue weighted by Crippen LogP contribution is 2.21. The van der Waals surface area contributed by atoms with Crippen LogP contribution in [0.1, 0.15) is 46.9 Å². The van der Waals surface area contributed by atoms with E-state index in [9.17, 15) is 9.59 Å². The van der Waals surface area contributed by atoms with Crippen molar-refractivity contribution in [1.82, 2.24) is 14.7 Å². The molecule has 1 aromatic carbocycles. The van der Waals surface area contributed by atoms with Crippen LogP contribution in [0.15, 0.2) is 42.6 Å². The normalized spacial score (nSPS) is 11.0. The first kappa shape index (κ1) is 19.9. The quantitative estimate of drug-likeness (QED) is 0.649. The number of carbonyl (C=O) groups excluding carboxylic acids is 2. The zero-order chi connectivity index (χ0) is 20.3. The van der Waals surface area contributed by atoms with Crippen LogP contribution in [0.3, 0.4) is 0 Å². The minimum atomic E-state index is -0.409. The predicted molar refractivity (Wildman–Crippen MR) is 111 cm³/mol. The van der Waals surface area contributed by atoms with E-state index in [1.54, 1.807) is 34.9 Å². The van der Waals surface area contributed by atoms with Crippen LogP contribution in [0.25, 0.3) is 5.52 Å². The largest absolute Gasteiger partial charge is 0.351 e. The number of carbonyl (C=O) groups is 2. The van der Waals surface area contributed by atoms with Gasteiger partial charge in [0.15, 0.2) is 5.69 Å². The SMILES string of the molecule is Cc1ccc(Cl)cc1NC(=O)c1nc(C(=O)NCCC(C)C)c2ccccn12. The number of hydrogen-bond acceptors (Lipinski definition) is 3. The Bertz CT molecular complexity index is 1030. The molecule has 2 amide bonds. The van der Waals surface area contributed by atoms with Crippen LogP contribution >= 0.6 is 11.6 Å². The summed E-state index contributed by atoms with van der Waals surface area (Å²) in [5, 5.41) is 6.24. The number of nitrogens with zero attached hydrogens (tertiary/aromatic N) is 2. The van der Waals surface area contributed by atoms with Crippen molar-refractivity contribution in [3.63, 3.8) is 0 Å². The Labute approximate surface area is 168 Å². The lowest BCUT2D eigenvalue weighted by Gasteiger charge is -2.08. The van der Waals surface area contributed by atoms with Crippen molar-refractivity contribution >= 4 is 34.6 Å². The van der Waals surface area contributed by atoms with E-state index in [0.29, 0.717) is 28.7 Å². The topological polar surface area (TPSA) is 75.5 Å². The maximum absolute atomic E-state index is 12.9. The highest BCUT2D eigenvalue weighted by Gasteiger charge is 2.21. The molecule has 7 heteroatoms. The molecule has 2 heterocycles. The highest BCUT2D eigenvalue weighted by molar-refractivity contribution is 6.31. The molecule has 28 heavy (non-hydrogen) atoms. The van der Waals surface area contributed by atoms with Crippen molar-refractivity contribution in [2.45, 2.75) is 27.2 Å². The van der Waals surface area contributed by atoms with Crippen molar-refractivity contribution in [3.8, 4) is 0 Å². The first-order valence-corrected chi connectivity index (χ1v) is 9.57. The van der Waals surface area contributed by atoms with Crippen LogP contribution in [0.2, 0.25) is 5.02 Å². The van der Waals surface area contributed by atoms with Gasteiger partial charge in [-0.2, -0.15) is 0 Å². The fraction of sp³-hybridized carbons (Fsp3) is 0.286. The fourth-order valence-electron chi connectivity index (χ4n) is 2.83. The van der Waals surface area contributed by atoms with Crippen LogP contribution in [-0.2, 0) is 0 Å². The van der Waals surface area contributed by atoms with Gasteiger partial charge in [0.25, 0.3) is 11.8 Å². The number of halogens is 1. The Morgan fingerprint density at radius 2 is 1.96 bits per heavy atom. The van der Waals surface area contributed by atoms with Gasteiger partial charge in [-0.1, -0.05) is 37.6 Å². The van der Waals surface area contributed by atoms with Gasteiger partial charge < -0.3 is 10.6 Å². The summed E-state index contributed by atoms with van der Waals surface area (Å²) in [5.74, 6) is -0.0690. The molecule has 6 nitrogen and oxygen atoms in total. The summed E-state index contributed by atoms with van der Waals surface area (Å²) in [4.78, 5) is 29.8. The monoisotopic (exact) mass is 398 g/mol. The Balaban J connectivity index is 1.90. The number of aryl methyl sites for hydroxylation is 1. The Kier molecular flexibility index (Phi) is 5.99. The minimum absolute atomic E-state index is 0.143. The second-order valence-electron chi connectivity index (χ2n) is 7.09. The lowest BCUT2D eigenvalue weighted by molar-refractivity contribution is 0.0949. The van der Waals surface area contributed by atoms with Gasteiger partial charge in [-0.05, 0) is 49.1 Å². The third-order valence-corrected chi connectivity index (χ3v) is 4.66. The summed E-state index contributed by atoms with van der Waals surface area (Å²) >= 11 is 6.03. The molecule has 0 fully saturated rings. The summed E-state index contributed by atoms with van der Waals surface area (Å²) in [6, 6.07) is 10.6. The van der Waals surface area contributed by atoms with Crippen molar-refractivity contribution in [2.24, 2.45) is 5.92 Å². The predicted octanol–water partition coefficient (Wildman–Crippen LogP) is 4.32. The maximum atomic E-state index is 12.9. The first-order valence-electron chi connectivity index (χ1n) is 9.19. The molecule has 0 unspecified atom stereocenters. The molecule has 0 bridgehead atoms. The zero-order valence-corrected chi connectivity index (χ0v) is 16.9. The highest BCUT2D eigenvalue weighted by atomic mass is 35.5. The zero-order valence-electron chi connectivity index (χ0n) is 16.1. The molecule has 0 saturated heterocycles. The smallest absolute Gasteiger partial charge is 0.292 e. The van der Waals surface area contributed by atoms with E-state index in [4.69, 9.17) is 11.6 Å². The molecule has 0 spiro atoms. The van der Waals surface area contributed by atoms with Gasteiger partial charge >= 0.3 is 0 Å². The van der Waals surface area contributed by atoms with Crippen LogP contribution in [-0.4, -0.2) is 27.7 Å². The summed E-state index contributed by atoms with van der Waals surface area (Å²) < 4.78 is 1.62. The molecule has 0 saturated carbocycles. The van der Waals surface area contributed by atoms with E-state index in [1.165, 1.54) is 0 Å². The molecule has 0 aliphatic rings. The lowest BCUT2D eigenvalue weighted by atomic mass is 10.1. The number of benzene rings is 1. The summed E-state index contributed by atoms with van der Waals surface area (Å²) in [7, 11) is 0. The molecule has 0 radical (unpaired) electrons. The molecule has 0 aliphatic carbocycles. The number of imidazole rings is 1. The van der Waals surface area contributed by atoms with E-state index in [0.717, 1.165) is 12.0 Å². The van der Waals surface area contributed by atoms with E-state index in [2.05, 4.69) is 29.5 Å². The van der Waals surface area contributed by atoms with Gasteiger partial charge in [0.1, 0.15) is 0 Å². The average Bonchev–Trinajstić information content (AvgIpc) is 3.04. The fourth-order valence-corrected chi connectivity index (χ4v) is 3.00. The van der Waals surface area contributed by atoms with E-state index in [-0.39, 0.29) is 17.4 Å². The van der Waals surface area contributed by atoms with Gasteiger partial charge in [0, 0.05) is 23.5 Å². The molecule has 2 aromatic heterocycles. The first-order chi connectivity index (χ1) is 13.4. The average molecular weight is 399 g/mol. The lowest BCUT2D eigenvalue weighted by Crippen LogP contribution is -2.26. The molecule has 0 aliphatic heterocycles. The second-order valence-corrected chi connectivity index (χ2v) is 7.53. The molecular formula is C21H23ClN4O2. The maximum Gasteiger partial charge on any atom is 0.292 e. The van der Waals surface area contributed by atoms with E-state index < -0.39 is 5.91 Å². The number of rotatable bonds is 6. The van der Waals surface area contributed by atoms with E-state index in [1.807, 2.05) is 19.1 Å². The molecular weight excluding hydrogens is 376 g/mol. The van der Waals surface area contributed by atoms with Crippen molar-refractivity contribution in [2.75, 3.05) is 11.9 Å². The summed E-state index contributed by atoms with van der Waals surface area (Å²) in [5.41, 5.74) is 2.30. The van der Waals surface area contributed by atoms with Gasteiger partial charge in [-0.15, -0.1) is 0 Å². The van der Waals surface area contributed by atoms with Crippen LogP contribution in [0.4, 0.5) is 5.69 Å². The standard InChI is InChI=1S/C21H23ClN4O2/c1-13(2)9-10-23-20(27)18-17-6-4-5-11-26(17)19(25-18)21(28)24-16-12-15(22)8-7-14(16)3/h4-8,11-13H,9-10H2,1-3H3,(H,23,27)(H,24,28). The van der Waals surface area contributed by atoms with Gasteiger partial charge in [0.2, 0.25) is 5.82 Å². The third-order valence-electron chi connectivity index (χ3n) is 4.42. The Hall–Kier alpha value is -2.86. The number of aromatic nitrogens is 2. The third kappa shape index (κ3) is 4.34. The Morgan fingerprint density at radius 3 is 2.71 bits per heavy atom. The minimum Gasteiger partial charge on any atom is -0.351 e. The number of amides is 2. The molecule has 3 rings (SSSR count). The summed E-state index contributed by atoms with van der Waals surface area (Å²) in [6.45, 7) is 6.63. The van der Waals surface area contributed by atoms with Crippen LogP contribution in [0.5, 0.6) is 0 Å². The molecule has 3 aromatic rings. The number of anilines is 1. The van der Waals surface area contributed by atoms with Gasteiger partial charge in [-0.3, -0.25) is 14.0 Å². The molecule has 146 valence electrons. The Morgan fingerprint density at radius 1 is 1.18 bits per heavy atom. The number of hydrogen-bond donors (Lipinski definition) is 2. The van der Waals surface area contributed by atoms with Crippen LogP contribution in [0, 0.1) is 12.8 Å². The second kappa shape index (κ2) is 8.44. The summed E-state index contributed by atoms with van der Waals surface area (Å²) in [6.07, 6.45) is 2.59. The van der Waals surface area contributed by atoms with E-state index >= 15 is 0 Å². The molecule has 2 N–H and O–H groups in total. The van der Waals surface area contributed by atoms with Crippen molar-refractivity contribution in [1.29, 1.82) is 0 Å². The van der Waals surface area contributed by atoms with Crippen molar-refractivity contribution < 1.29 is 9.59 Å². The van der Waals surface area contributed by atoms with Gasteiger partial charge in [-0.25, -0.2) is 4.98 Å². The van der Waals surface area contributed by atoms with Crippen molar-refractivity contribution in [3.05, 3.63) is 64.7 Å². The van der Waals surface area contributed by atoms with Gasteiger partial charge in [0.05, 0.1) is 5.52 Å². The number of nitrogens with one attached hydrogen (secondary N) is 2.